The van der Waals surface area contributed by atoms with E-state index in [2.05, 4.69) is 36.4 Å². The molecule has 2 atom stereocenters. The highest BCUT2D eigenvalue weighted by Gasteiger charge is 2.45. The Morgan fingerprint density at radius 2 is 1.45 bits per heavy atom. The zero-order valence-corrected chi connectivity index (χ0v) is 18.4. The van der Waals surface area contributed by atoms with Crippen LogP contribution in [0.2, 0.25) is 0 Å². The van der Waals surface area contributed by atoms with E-state index in [1.165, 1.54) is 11.1 Å². The summed E-state index contributed by atoms with van der Waals surface area (Å²) in [7, 11) is 0. The SMILES string of the molecule is O=C1CCC/C=C\C2CC(COCc3ccccc3)(COCc3ccccc3)CC2C1. The number of rotatable bonds is 8. The highest BCUT2D eigenvalue weighted by molar-refractivity contribution is 5.78. The van der Waals surface area contributed by atoms with E-state index >= 15 is 0 Å². The summed E-state index contributed by atoms with van der Waals surface area (Å²) in [6.45, 7) is 2.58. The molecule has 3 nitrogen and oxygen atoms in total. The van der Waals surface area contributed by atoms with Gasteiger partial charge in [-0.15, -0.1) is 0 Å². The molecule has 2 aromatic carbocycles. The summed E-state index contributed by atoms with van der Waals surface area (Å²) >= 11 is 0. The number of Topliss-reactive ketones (excluding diaryl/α,β-unsaturated/α-hetero) is 1. The van der Waals surface area contributed by atoms with Gasteiger partial charge in [-0.25, -0.2) is 0 Å². The molecular formula is C28H34O3. The van der Waals surface area contributed by atoms with Crippen LogP contribution in [0, 0.1) is 17.3 Å². The quantitative estimate of drug-likeness (QED) is 0.484. The molecule has 31 heavy (non-hydrogen) atoms. The van der Waals surface area contributed by atoms with Crippen LogP contribution in [0.5, 0.6) is 0 Å². The predicted octanol–water partition coefficient (Wildman–Crippen LogP) is 6.13. The number of benzene rings is 2. The topological polar surface area (TPSA) is 35.5 Å². The maximum absolute atomic E-state index is 12.5. The number of carbonyl (C=O) groups is 1. The standard InChI is InChI=1S/C28H34O3/c29-27-15-9-3-8-14-25-17-28(18-26(25)16-27,21-30-19-23-10-4-1-5-11-23)22-31-20-24-12-6-2-7-13-24/h1-2,4-8,10-14,25-26H,3,9,15-22H2/b14-8-. The Morgan fingerprint density at radius 1 is 0.839 bits per heavy atom. The summed E-state index contributed by atoms with van der Waals surface area (Å²) in [5.41, 5.74) is 2.35. The van der Waals surface area contributed by atoms with Crippen LogP contribution in [0.25, 0.3) is 0 Å². The molecule has 0 aliphatic heterocycles. The van der Waals surface area contributed by atoms with Crippen molar-refractivity contribution in [2.24, 2.45) is 17.3 Å². The third-order valence-electron chi connectivity index (χ3n) is 6.71. The molecule has 3 heteroatoms. The Morgan fingerprint density at radius 3 is 2.06 bits per heavy atom. The third kappa shape index (κ3) is 6.38. The van der Waals surface area contributed by atoms with Crippen LogP contribution in [0.15, 0.2) is 72.8 Å². The van der Waals surface area contributed by atoms with Gasteiger partial charge in [0.15, 0.2) is 0 Å². The summed E-state index contributed by atoms with van der Waals surface area (Å²) in [5, 5.41) is 0. The molecule has 1 fully saturated rings. The average molecular weight is 419 g/mol. The smallest absolute Gasteiger partial charge is 0.133 e. The number of ether oxygens (including phenoxy) is 2. The van der Waals surface area contributed by atoms with Crippen LogP contribution >= 0.6 is 0 Å². The highest BCUT2D eigenvalue weighted by Crippen LogP contribution is 2.49. The molecule has 0 heterocycles. The normalized spacial score (nSPS) is 24.1. The minimum absolute atomic E-state index is 0.0390. The Bertz CT molecular complexity index is 798. The van der Waals surface area contributed by atoms with Gasteiger partial charge in [0, 0.05) is 18.3 Å². The number of hydrogen-bond donors (Lipinski definition) is 0. The average Bonchev–Trinajstić information content (AvgIpc) is 3.14. The van der Waals surface area contributed by atoms with E-state index in [-0.39, 0.29) is 5.41 Å². The summed E-state index contributed by atoms with van der Waals surface area (Å²) in [6.07, 6.45) is 10.1. The number of ketones is 1. The molecule has 1 saturated carbocycles. The maximum Gasteiger partial charge on any atom is 0.133 e. The van der Waals surface area contributed by atoms with Gasteiger partial charge in [0.05, 0.1) is 26.4 Å². The van der Waals surface area contributed by atoms with E-state index < -0.39 is 0 Å². The fourth-order valence-electron chi connectivity index (χ4n) is 5.19. The van der Waals surface area contributed by atoms with Gasteiger partial charge in [-0.1, -0.05) is 72.8 Å². The lowest BCUT2D eigenvalue weighted by Crippen LogP contribution is -2.30. The van der Waals surface area contributed by atoms with Crippen molar-refractivity contribution >= 4 is 5.78 Å². The molecule has 4 rings (SSSR count). The minimum Gasteiger partial charge on any atom is -0.376 e. The molecule has 0 aromatic heterocycles. The second-order valence-corrected chi connectivity index (χ2v) is 9.35. The van der Waals surface area contributed by atoms with Crippen molar-refractivity contribution in [2.45, 2.75) is 51.7 Å². The predicted molar refractivity (Wildman–Crippen MR) is 123 cm³/mol. The van der Waals surface area contributed by atoms with Crippen LogP contribution in [0.1, 0.15) is 49.7 Å². The first-order valence-electron chi connectivity index (χ1n) is 11.6. The molecule has 0 spiro atoms. The van der Waals surface area contributed by atoms with Gasteiger partial charge < -0.3 is 9.47 Å². The lowest BCUT2D eigenvalue weighted by atomic mass is 9.86. The first-order valence-corrected chi connectivity index (χ1v) is 11.6. The molecule has 0 bridgehead atoms. The Kier molecular flexibility index (Phi) is 7.71. The summed E-state index contributed by atoms with van der Waals surface area (Å²) in [5.74, 6) is 1.27. The van der Waals surface area contributed by atoms with Crippen molar-refractivity contribution in [3.8, 4) is 0 Å². The maximum atomic E-state index is 12.5. The largest absolute Gasteiger partial charge is 0.376 e. The Hall–Kier alpha value is -2.23. The van der Waals surface area contributed by atoms with Crippen molar-refractivity contribution in [3.63, 3.8) is 0 Å². The summed E-state index contributed by atoms with van der Waals surface area (Å²) < 4.78 is 12.5. The monoisotopic (exact) mass is 418 g/mol. The van der Waals surface area contributed by atoms with E-state index in [0.717, 1.165) is 32.1 Å². The van der Waals surface area contributed by atoms with Crippen molar-refractivity contribution in [1.29, 1.82) is 0 Å². The first kappa shape index (κ1) is 22.0. The van der Waals surface area contributed by atoms with Crippen LogP contribution < -0.4 is 0 Å². The van der Waals surface area contributed by atoms with Crippen molar-refractivity contribution < 1.29 is 14.3 Å². The van der Waals surface area contributed by atoms with Crippen molar-refractivity contribution in [1.82, 2.24) is 0 Å². The lowest BCUT2D eigenvalue weighted by molar-refractivity contribution is -0.120. The fraction of sp³-hybridized carbons (Fsp3) is 0.464. The highest BCUT2D eigenvalue weighted by atomic mass is 16.5. The zero-order chi connectivity index (χ0) is 21.4. The molecule has 2 aromatic rings. The van der Waals surface area contributed by atoms with Gasteiger partial charge in [-0.2, -0.15) is 0 Å². The molecule has 2 aliphatic carbocycles. The van der Waals surface area contributed by atoms with E-state index in [4.69, 9.17) is 9.47 Å². The lowest BCUT2D eigenvalue weighted by Gasteiger charge is -2.29. The van der Waals surface area contributed by atoms with E-state index in [0.29, 0.717) is 50.5 Å². The molecule has 0 amide bonds. The number of fused-ring (bicyclic) bond motifs is 1. The number of hydrogen-bond acceptors (Lipinski definition) is 3. The second kappa shape index (κ2) is 10.9. The summed E-state index contributed by atoms with van der Waals surface area (Å²) in [4.78, 5) is 12.5. The molecule has 2 unspecified atom stereocenters. The van der Waals surface area contributed by atoms with Crippen LogP contribution in [0.3, 0.4) is 0 Å². The van der Waals surface area contributed by atoms with Gasteiger partial charge in [-0.3, -0.25) is 4.79 Å². The molecule has 0 saturated heterocycles. The van der Waals surface area contributed by atoms with Crippen LogP contribution in [-0.2, 0) is 27.5 Å². The van der Waals surface area contributed by atoms with Gasteiger partial charge >= 0.3 is 0 Å². The van der Waals surface area contributed by atoms with Crippen molar-refractivity contribution in [3.05, 3.63) is 83.9 Å². The van der Waals surface area contributed by atoms with E-state index in [1.807, 2.05) is 36.4 Å². The zero-order valence-electron chi connectivity index (χ0n) is 18.4. The van der Waals surface area contributed by atoms with Crippen molar-refractivity contribution in [2.75, 3.05) is 13.2 Å². The van der Waals surface area contributed by atoms with Gasteiger partial charge in [0.2, 0.25) is 0 Å². The summed E-state index contributed by atoms with van der Waals surface area (Å²) in [6, 6.07) is 20.7. The molecular weight excluding hydrogens is 384 g/mol. The van der Waals surface area contributed by atoms with Gasteiger partial charge in [0.25, 0.3) is 0 Å². The molecule has 164 valence electrons. The number of allylic oxidation sites excluding steroid dienone is 2. The van der Waals surface area contributed by atoms with E-state index in [1.54, 1.807) is 0 Å². The third-order valence-corrected chi connectivity index (χ3v) is 6.71. The second-order valence-electron chi connectivity index (χ2n) is 9.35. The fourth-order valence-corrected chi connectivity index (χ4v) is 5.19. The Labute approximate surface area is 186 Å². The minimum atomic E-state index is -0.0390. The van der Waals surface area contributed by atoms with E-state index in [9.17, 15) is 4.79 Å². The Balaban J connectivity index is 1.43. The molecule has 2 aliphatic rings. The van der Waals surface area contributed by atoms with Crippen LogP contribution in [-0.4, -0.2) is 19.0 Å². The molecule has 0 N–H and O–H groups in total. The van der Waals surface area contributed by atoms with Crippen LogP contribution in [0.4, 0.5) is 0 Å². The molecule has 0 radical (unpaired) electrons. The van der Waals surface area contributed by atoms with Gasteiger partial charge in [-0.05, 0) is 48.6 Å². The van der Waals surface area contributed by atoms with Gasteiger partial charge in [0.1, 0.15) is 5.78 Å². The first-order chi connectivity index (χ1) is 15.2. The number of carbonyl (C=O) groups excluding carboxylic acids is 1.